The summed E-state index contributed by atoms with van der Waals surface area (Å²) in [5.74, 6) is -0.175. The maximum Gasteiger partial charge on any atom is 0.293 e. The molecule has 0 saturated carbocycles. The minimum atomic E-state index is -0.376. The van der Waals surface area contributed by atoms with Gasteiger partial charge >= 0.3 is 0 Å². The number of amides is 1. The van der Waals surface area contributed by atoms with Gasteiger partial charge in [0.05, 0.1) is 0 Å². The summed E-state index contributed by atoms with van der Waals surface area (Å²) in [6.07, 6.45) is 1.68. The van der Waals surface area contributed by atoms with Gasteiger partial charge in [0.15, 0.2) is 15.4 Å². The molecule has 0 aromatic carbocycles. The number of halogens is 1. The SMILES string of the molecule is O=C(Nc1nnc(-c2ccccn2)s1)c1ccc(Br)o1. The largest absolute Gasteiger partial charge is 0.444 e. The first-order valence-electron chi connectivity index (χ1n) is 5.54. The summed E-state index contributed by atoms with van der Waals surface area (Å²) in [4.78, 5) is 16.0. The summed E-state index contributed by atoms with van der Waals surface area (Å²) in [6.45, 7) is 0. The maximum atomic E-state index is 11.9. The zero-order valence-electron chi connectivity index (χ0n) is 9.91. The summed E-state index contributed by atoms with van der Waals surface area (Å²) in [5, 5.41) is 11.6. The van der Waals surface area contributed by atoms with Crippen molar-refractivity contribution in [1.82, 2.24) is 15.2 Å². The van der Waals surface area contributed by atoms with Crippen molar-refractivity contribution in [3.05, 3.63) is 47.0 Å². The molecule has 0 unspecified atom stereocenters. The molecule has 0 bridgehead atoms. The van der Waals surface area contributed by atoms with Crippen LogP contribution >= 0.6 is 27.3 Å². The van der Waals surface area contributed by atoms with Gasteiger partial charge in [-0.25, -0.2) is 0 Å². The van der Waals surface area contributed by atoms with E-state index >= 15 is 0 Å². The van der Waals surface area contributed by atoms with Crippen LogP contribution in [0.3, 0.4) is 0 Å². The average molecular weight is 351 g/mol. The van der Waals surface area contributed by atoms with Crippen LogP contribution < -0.4 is 5.32 Å². The zero-order valence-corrected chi connectivity index (χ0v) is 12.3. The molecule has 3 aromatic rings. The van der Waals surface area contributed by atoms with Gasteiger partial charge in [-0.15, -0.1) is 10.2 Å². The van der Waals surface area contributed by atoms with Crippen molar-refractivity contribution >= 4 is 38.3 Å². The molecule has 1 amide bonds. The molecule has 0 spiro atoms. The van der Waals surface area contributed by atoms with Crippen LogP contribution in [0.2, 0.25) is 0 Å². The number of furan rings is 1. The number of nitrogens with zero attached hydrogens (tertiary/aromatic N) is 3. The lowest BCUT2D eigenvalue weighted by Gasteiger charge is -1.96. The number of hydrogen-bond donors (Lipinski definition) is 1. The van der Waals surface area contributed by atoms with Crippen molar-refractivity contribution in [2.75, 3.05) is 5.32 Å². The molecule has 8 heteroatoms. The van der Waals surface area contributed by atoms with Crippen molar-refractivity contribution in [3.63, 3.8) is 0 Å². The van der Waals surface area contributed by atoms with Crippen LogP contribution in [0.1, 0.15) is 10.6 Å². The van der Waals surface area contributed by atoms with Crippen molar-refractivity contribution in [2.24, 2.45) is 0 Å². The summed E-state index contributed by atoms with van der Waals surface area (Å²) >= 11 is 4.39. The van der Waals surface area contributed by atoms with Gasteiger partial charge in [-0.3, -0.25) is 15.1 Å². The van der Waals surface area contributed by atoms with E-state index in [9.17, 15) is 4.79 Å². The highest BCUT2D eigenvalue weighted by molar-refractivity contribution is 9.10. The summed E-state index contributed by atoms with van der Waals surface area (Å²) in [6, 6.07) is 8.73. The normalized spacial score (nSPS) is 10.4. The van der Waals surface area contributed by atoms with Crippen LogP contribution in [-0.2, 0) is 0 Å². The van der Waals surface area contributed by atoms with Gasteiger partial charge in [0.2, 0.25) is 5.13 Å². The molecule has 1 N–H and O–H groups in total. The standard InChI is InChI=1S/C12H7BrN4O2S/c13-9-5-4-8(19-9)10(18)15-12-17-16-11(20-12)7-3-1-2-6-14-7/h1-6H,(H,15,17,18). The topological polar surface area (TPSA) is 80.9 Å². The van der Waals surface area contributed by atoms with Crippen molar-refractivity contribution in [2.45, 2.75) is 0 Å². The fourth-order valence-electron chi connectivity index (χ4n) is 1.46. The Kier molecular flexibility index (Phi) is 3.57. The highest BCUT2D eigenvalue weighted by Gasteiger charge is 2.14. The number of carbonyl (C=O) groups excluding carboxylic acids is 1. The lowest BCUT2D eigenvalue weighted by molar-refractivity contribution is 0.0995. The van der Waals surface area contributed by atoms with Gasteiger partial charge in [0.1, 0.15) is 5.69 Å². The second kappa shape index (κ2) is 5.51. The van der Waals surface area contributed by atoms with Crippen LogP contribution in [0.5, 0.6) is 0 Å². The van der Waals surface area contributed by atoms with Crippen LogP contribution in [0, 0.1) is 0 Å². The quantitative estimate of drug-likeness (QED) is 0.784. The van der Waals surface area contributed by atoms with E-state index in [0.717, 1.165) is 0 Å². The third-order valence-electron chi connectivity index (χ3n) is 2.33. The molecule has 3 rings (SSSR count). The van der Waals surface area contributed by atoms with Gasteiger partial charge < -0.3 is 4.42 Å². The number of rotatable bonds is 3. The Morgan fingerprint density at radius 2 is 2.15 bits per heavy atom. The van der Waals surface area contributed by atoms with Gasteiger partial charge in [-0.05, 0) is 40.2 Å². The average Bonchev–Trinajstić information content (AvgIpc) is 3.09. The molecule has 0 atom stereocenters. The number of pyridine rings is 1. The molecule has 0 fully saturated rings. The molecular formula is C12H7BrN4O2S. The first kappa shape index (κ1) is 12.9. The third-order valence-corrected chi connectivity index (χ3v) is 3.61. The van der Waals surface area contributed by atoms with Crippen molar-refractivity contribution in [3.8, 4) is 10.7 Å². The maximum absolute atomic E-state index is 11.9. The molecule has 3 aromatic heterocycles. The van der Waals surface area contributed by atoms with E-state index in [1.54, 1.807) is 18.3 Å². The monoisotopic (exact) mass is 350 g/mol. The first-order chi connectivity index (χ1) is 9.72. The summed E-state index contributed by atoms with van der Waals surface area (Å²) in [5.41, 5.74) is 0.714. The molecule has 0 radical (unpaired) electrons. The number of aromatic nitrogens is 3. The summed E-state index contributed by atoms with van der Waals surface area (Å²) in [7, 11) is 0. The molecule has 0 saturated heterocycles. The Morgan fingerprint density at radius 1 is 1.25 bits per heavy atom. The molecule has 0 aliphatic rings. The van der Waals surface area contributed by atoms with E-state index in [1.165, 1.54) is 11.3 Å². The minimum Gasteiger partial charge on any atom is -0.444 e. The Labute approximate surface area is 126 Å². The smallest absolute Gasteiger partial charge is 0.293 e. The fraction of sp³-hybridized carbons (Fsp3) is 0. The number of hydrogen-bond acceptors (Lipinski definition) is 6. The second-order valence-corrected chi connectivity index (χ2v) is 5.44. The molecule has 3 heterocycles. The molecule has 0 aliphatic heterocycles. The molecule has 6 nitrogen and oxygen atoms in total. The molecule has 20 heavy (non-hydrogen) atoms. The highest BCUT2D eigenvalue weighted by Crippen LogP contribution is 2.25. The Bertz CT molecular complexity index is 741. The predicted octanol–water partition coefficient (Wildman–Crippen LogP) is 3.21. The fourth-order valence-corrected chi connectivity index (χ4v) is 2.48. The van der Waals surface area contributed by atoms with E-state index in [4.69, 9.17) is 4.42 Å². The minimum absolute atomic E-state index is 0.200. The summed E-state index contributed by atoms with van der Waals surface area (Å²) < 4.78 is 5.65. The van der Waals surface area contributed by atoms with Gasteiger partial charge in [0.25, 0.3) is 5.91 Å². The first-order valence-corrected chi connectivity index (χ1v) is 7.15. The van der Waals surface area contributed by atoms with Gasteiger partial charge in [-0.1, -0.05) is 17.4 Å². The molecule has 100 valence electrons. The lowest BCUT2D eigenvalue weighted by Crippen LogP contribution is -2.10. The Balaban J connectivity index is 1.76. The van der Waals surface area contributed by atoms with Crippen LogP contribution in [0.15, 0.2) is 45.6 Å². The van der Waals surface area contributed by atoms with Crippen LogP contribution in [-0.4, -0.2) is 21.1 Å². The number of anilines is 1. The number of nitrogens with one attached hydrogen (secondary N) is 1. The molecular weight excluding hydrogens is 344 g/mol. The lowest BCUT2D eigenvalue weighted by atomic mass is 10.4. The van der Waals surface area contributed by atoms with Crippen molar-refractivity contribution in [1.29, 1.82) is 0 Å². The van der Waals surface area contributed by atoms with E-state index < -0.39 is 0 Å². The van der Waals surface area contributed by atoms with Gasteiger partial charge in [0, 0.05) is 6.20 Å². The van der Waals surface area contributed by atoms with E-state index in [-0.39, 0.29) is 11.7 Å². The predicted molar refractivity (Wildman–Crippen MR) is 77.5 cm³/mol. The van der Waals surface area contributed by atoms with E-state index in [2.05, 4.69) is 36.4 Å². The van der Waals surface area contributed by atoms with E-state index in [0.29, 0.717) is 20.5 Å². The highest BCUT2D eigenvalue weighted by atomic mass is 79.9. The Hall–Kier alpha value is -2.06. The van der Waals surface area contributed by atoms with E-state index in [1.807, 2.05) is 18.2 Å². The van der Waals surface area contributed by atoms with Crippen LogP contribution in [0.4, 0.5) is 5.13 Å². The number of carbonyl (C=O) groups is 1. The third kappa shape index (κ3) is 2.75. The van der Waals surface area contributed by atoms with Gasteiger partial charge in [-0.2, -0.15) is 0 Å². The van der Waals surface area contributed by atoms with Crippen LogP contribution in [0.25, 0.3) is 10.7 Å². The Morgan fingerprint density at radius 3 is 2.85 bits per heavy atom. The second-order valence-electron chi connectivity index (χ2n) is 3.69. The molecule has 0 aliphatic carbocycles. The zero-order chi connectivity index (χ0) is 13.9. The van der Waals surface area contributed by atoms with Crippen molar-refractivity contribution < 1.29 is 9.21 Å².